The van der Waals surface area contributed by atoms with E-state index in [1.807, 2.05) is 0 Å². The van der Waals surface area contributed by atoms with Gasteiger partial charge in [0.05, 0.1) is 0 Å². The third kappa shape index (κ3) is 5.01. The number of nitrogens with zero attached hydrogens (tertiary/aromatic N) is 1. The predicted molar refractivity (Wildman–Crippen MR) is 75.2 cm³/mol. The normalized spacial score (nSPS) is 24.8. The molecule has 1 rings (SSSR count). The van der Waals surface area contributed by atoms with E-state index in [0.29, 0.717) is 4.75 Å². The monoisotopic (exact) mass is 247 g/mol. The smallest absolute Gasteiger partial charge is 0.0116 e. The van der Waals surface area contributed by atoms with Gasteiger partial charge in [-0.1, -0.05) is 27.2 Å². The van der Waals surface area contributed by atoms with Crippen molar-refractivity contribution in [3.63, 3.8) is 0 Å². The predicted octanol–water partition coefficient (Wildman–Crippen LogP) is 3.16. The fourth-order valence-corrected chi connectivity index (χ4v) is 3.44. The van der Waals surface area contributed by atoms with Crippen LogP contribution in [0.2, 0.25) is 0 Å². The Labute approximate surface area is 105 Å². The molecule has 1 aliphatic heterocycles. The van der Waals surface area contributed by atoms with E-state index >= 15 is 0 Å². The van der Waals surface area contributed by atoms with Crippen molar-refractivity contribution in [1.82, 2.24) is 4.90 Å². The zero-order valence-electron chi connectivity index (χ0n) is 10.3. The first kappa shape index (κ1) is 13.7. The molecule has 90 valence electrons. The highest BCUT2D eigenvalue weighted by atomic mass is 32.2. The second kappa shape index (κ2) is 6.41. The molecule has 3 heteroatoms. The summed E-state index contributed by atoms with van der Waals surface area (Å²) in [5.74, 6) is 3.10. The largest absolute Gasteiger partial charge is 0.302 e. The van der Waals surface area contributed by atoms with Gasteiger partial charge in [-0.3, -0.25) is 0 Å². The molecule has 0 radical (unpaired) electrons. The van der Waals surface area contributed by atoms with E-state index in [2.05, 4.69) is 50.1 Å². The average molecular weight is 247 g/mol. The standard InChI is InChI=1S/C12H25NS2/c1-4-11(10-14)9-13-6-5-12(2,3)15-8-7-13/h11,14H,4-10H2,1-3H3. The Kier molecular flexibility index (Phi) is 5.86. The van der Waals surface area contributed by atoms with Crippen LogP contribution in [0.15, 0.2) is 0 Å². The molecule has 0 saturated carbocycles. The lowest BCUT2D eigenvalue weighted by Gasteiger charge is -2.25. The molecule has 1 unspecified atom stereocenters. The Morgan fingerprint density at radius 1 is 1.40 bits per heavy atom. The molecule has 0 bridgehead atoms. The summed E-state index contributed by atoms with van der Waals surface area (Å²) in [6, 6.07) is 0. The third-order valence-corrected chi connectivity index (χ3v) is 5.17. The summed E-state index contributed by atoms with van der Waals surface area (Å²) < 4.78 is 0.484. The Hall–Kier alpha value is 0.660. The molecule has 15 heavy (non-hydrogen) atoms. The van der Waals surface area contributed by atoms with E-state index < -0.39 is 0 Å². The lowest BCUT2D eigenvalue weighted by atomic mass is 10.1. The number of hydrogen-bond donors (Lipinski definition) is 1. The Morgan fingerprint density at radius 2 is 2.13 bits per heavy atom. The molecule has 0 N–H and O–H groups in total. The summed E-state index contributed by atoms with van der Waals surface area (Å²) in [6.07, 6.45) is 2.58. The van der Waals surface area contributed by atoms with E-state index in [1.54, 1.807) is 0 Å². The summed E-state index contributed by atoms with van der Waals surface area (Å²) >= 11 is 6.55. The molecule has 0 aromatic rings. The van der Waals surface area contributed by atoms with Crippen LogP contribution in [0.5, 0.6) is 0 Å². The zero-order chi connectivity index (χ0) is 11.3. The van der Waals surface area contributed by atoms with Crippen molar-refractivity contribution >= 4 is 24.4 Å². The van der Waals surface area contributed by atoms with Crippen molar-refractivity contribution in [2.75, 3.05) is 31.1 Å². The van der Waals surface area contributed by atoms with E-state index in [0.717, 1.165) is 11.7 Å². The molecule has 0 aromatic carbocycles. The molecule has 1 heterocycles. The summed E-state index contributed by atoms with van der Waals surface area (Å²) in [4.78, 5) is 2.63. The van der Waals surface area contributed by atoms with Gasteiger partial charge in [-0.2, -0.15) is 24.4 Å². The molecular weight excluding hydrogens is 222 g/mol. The maximum absolute atomic E-state index is 4.42. The second-order valence-corrected chi connectivity index (χ2v) is 7.28. The van der Waals surface area contributed by atoms with E-state index in [9.17, 15) is 0 Å². The van der Waals surface area contributed by atoms with Gasteiger partial charge in [0.2, 0.25) is 0 Å². The molecule has 1 saturated heterocycles. The van der Waals surface area contributed by atoms with Gasteiger partial charge in [-0.15, -0.1) is 0 Å². The van der Waals surface area contributed by atoms with Crippen LogP contribution in [0.25, 0.3) is 0 Å². The first-order valence-corrected chi connectivity index (χ1v) is 7.66. The molecule has 1 atom stereocenters. The van der Waals surface area contributed by atoms with Crippen molar-refractivity contribution in [2.45, 2.75) is 38.4 Å². The molecule has 0 aromatic heterocycles. The Morgan fingerprint density at radius 3 is 2.73 bits per heavy atom. The zero-order valence-corrected chi connectivity index (χ0v) is 12.0. The second-order valence-electron chi connectivity index (χ2n) is 5.12. The summed E-state index contributed by atoms with van der Waals surface area (Å²) in [5.41, 5.74) is 0. The fraction of sp³-hybridized carbons (Fsp3) is 1.00. The van der Waals surface area contributed by atoms with Crippen molar-refractivity contribution in [3.05, 3.63) is 0 Å². The number of hydrogen-bond acceptors (Lipinski definition) is 3. The van der Waals surface area contributed by atoms with Gasteiger partial charge in [0.1, 0.15) is 0 Å². The fourth-order valence-electron chi connectivity index (χ4n) is 1.93. The summed E-state index contributed by atoms with van der Waals surface area (Å²) in [5, 5.41) is 0. The van der Waals surface area contributed by atoms with E-state index in [1.165, 1.54) is 38.2 Å². The highest BCUT2D eigenvalue weighted by Crippen LogP contribution is 2.30. The summed E-state index contributed by atoms with van der Waals surface area (Å²) in [6.45, 7) is 10.8. The Bertz CT molecular complexity index is 178. The van der Waals surface area contributed by atoms with Crippen LogP contribution in [0, 0.1) is 5.92 Å². The molecule has 0 spiro atoms. The summed E-state index contributed by atoms with van der Waals surface area (Å²) in [7, 11) is 0. The lowest BCUT2D eigenvalue weighted by molar-refractivity contribution is 0.246. The van der Waals surface area contributed by atoms with Gasteiger partial charge >= 0.3 is 0 Å². The van der Waals surface area contributed by atoms with Crippen molar-refractivity contribution in [3.8, 4) is 0 Å². The topological polar surface area (TPSA) is 3.24 Å². The lowest BCUT2D eigenvalue weighted by Crippen LogP contribution is -2.32. The molecular formula is C12H25NS2. The maximum Gasteiger partial charge on any atom is 0.0116 e. The van der Waals surface area contributed by atoms with Gasteiger partial charge in [0.25, 0.3) is 0 Å². The molecule has 0 aliphatic carbocycles. The van der Waals surface area contributed by atoms with Crippen LogP contribution < -0.4 is 0 Å². The van der Waals surface area contributed by atoms with Gasteiger partial charge < -0.3 is 4.90 Å². The minimum Gasteiger partial charge on any atom is -0.302 e. The SMILES string of the molecule is CCC(CS)CN1CCSC(C)(C)CC1. The molecule has 1 fully saturated rings. The van der Waals surface area contributed by atoms with E-state index in [4.69, 9.17) is 0 Å². The Balaban J connectivity index is 2.37. The van der Waals surface area contributed by atoms with Crippen LogP contribution in [-0.2, 0) is 0 Å². The number of thiol groups is 1. The van der Waals surface area contributed by atoms with Crippen LogP contribution in [-0.4, -0.2) is 40.8 Å². The van der Waals surface area contributed by atoms with Gasteiger partial charge in [0.15, 0.2) is 0 Å². The minimum atomic E-state index is 0.484. The highest BCUT2D eigenvalue weighted by molar-refractivity contribution is 8.00. The average Bonchev–Trinajstić information content (AvgIpc) is 2.36. The number of thioether (sulfide) groups is 1. The van der Waals surface area contributed by atoms with Gasteiger partial charge in [-0.05, 0) is 24.6 Å². The number of rotatable bonds is 4. The van der Waals surface area contributed by atoms with E-state index in [-0.39, 0.29) is 0 Å². The maximum atomic E-state index is 4.42. The third-order valence-electron chi connectivity index (χ3n) is 3.28. The highest BCUT2D eigenvalue weighted by Gasteiger charge is 2.24. The first-order valence-electron chi connectivity index (χ1n) is 6.04. The molecule has 1 aliphatic rings. The van der Waals surface area contributed by atoms with Crippen molar-refractivity contribution in [2.24, 2.45) is 5.92 Å². The quantitative estimate of drug-likeness (QED) is 0.760. The van der Waals surface area contributed by atoms with Crippen LogP contribution in [0.1, 0.15) is 33.6 Å². The minimum absolute atomic E-state index is 0.484. The van der Waals surface area contributed by atoms with Crippen LogP contribution in [0.3, 0.4) is 0 Å². The van der Waals surface area contributed by atoms with Crippen molar-refractivity contribution < 1.29 is 0 Å². The van der Waals surface area contributed by atoms with Gasteiger partial charge in [-0.25, -0.2) is 0 Å². The molecule has 1 nitrogen and oxygen atoms in total. The van der Waals surface area contributed by atoms with Crippen LogP contribution in [0.4, 0.5) is 0 Å². The molecule has 0 amide bonds. The van der Waals surface area contributed by atoms with Crippen molar-refractivity contribution in [1.29, 1.82) is 0 Å². The van der Waals surface area contributed by atoms with Gasteiger partial charge in [0, 0.05) is 23.6 Å². The first-order chi connectivity index (χ1) is 7.07. The van der Waals surface area contributed by atoms with Crippen LogP contribution >= 0.6 is 24.4 Å².